The molecule has 7 nitrogen and oxygen atoms in total. The number of hydrogen-bond acceptors (Lipinski definition) is 7. The van der Waals surface area contributed by atoms with E-state index in [-0.39, 0.29) is 24.5 Å². The first-order chi connectivity index (χ1) is 14.5. The van der Waals surface area contributed by atoms with Crippen LogP contribution >= 0.6 is 23.4 Å². The second-order valence-corrected chi connectivity index (χ2v) is 7.81. The van der Waals surface area contributed by atoms with Crippen molar-refractivity contribution in [2.45, 2.75) is 13.5 Å². The summed E-state index contributed by atoms with van der Waals surface area (Å²) in [5.41, 5.74) is 1.33. The Hall–Kier alpha value is -2.84. The number of rotatable bonds is 6. The summed E-state index contributed by atoms with van der Waals surface area (Å²) in [4.78, 5) is 26.8. The number of fused-ring (bicyclic) bond motifs is 1. The predicted octanol–water partition coefficient (Wildman–Crippen LogP) is 4.71. The molecule has 1 saturated heterocycles. The number of hydrogen-bond donors (Lipinski definition) is 0. The molecular formula is C21H18ClNO6S. The molecule has 0 bridgehead atoms. The smallest absolute Gasteiger partial charge is 0.293 e. The van der Waals surface area contributed by atoms with Gasteiger partial charge in [0.25, 0.3) is 11.1 Å². The monoisotopic (exact) mass is 447 g/mol. The average Bonchev–Trinajstić information content (AvgIpc) is 3.28. The molecule has 4 rings (SSSR count). The third-order valence-corrected chi connectivity index (χ3v) is 5.79. The predicted molar refractivity (Wildman–Crippen MR) is 113 cm³/mol. The Labute approximate surface area is 182 Å². The van der Waals surface area contributed by atoms with Crippen molar-refractivity contribution in [1.82, 2.24) is 4.90 Å². The number of carbonyl (C=O) groups is 2. The number of benzene rings is 2. The Balaban J connectivity index is 1.57. The number of methoxy groups -OCH3 is 1. The Morgan fingerprint density at radius 3 is 2.67 bits per heavy atom. The van der Waals surface area contributed by atoms with Crippen molar-refractivity contribution in [3.05, 3.63) is 51.4 Å². The maximum absolute atomic E-state index is 12.9. The van der Waals surface area contributed by atoms with Crippen LogP contribution < -0.4 is 18.9 Å². The minimum atomic E-state index is -0.382. The second-order valence-electron chi connectivity index (χ2n) is 6.41. The van der Waals surface area contributed by atoms with Crippen LogP contribution in [0, 0.1) is 0 Å². The van der Waals surface area contributed by atoms with Crippen molar-refractivity contribution >= 4 is 40.6 Å². The fourth-order valence-corrected chi connectivity index (χ4v) is 4.14. The van der Waals surface area contributed by atoms with Gasteiger partial charge in [0.15, 0.2) is 23.0 Å². The van der Waals surface area contributed by atoms with Crippen LogP contribution in [0.3, 0.4) is 0 Å². The lowest BCUT2D eigenvalue weighted by atomic mass is 10.1. The number of ether oxygens (including phenoxy) is 4. The third-order valence-electron chi connectivity index (χ3n) is 4.53. The molecular weight excluding hydrogens is 430 g/mol. The van der Waals surface area contributed by atoms with Crippen LogP contribution in [0.2, 0.25) is 5.02 Å². The van der Waals surface area contributed by atoms with Gasteiger partial charge in [0.05, 0.1) is 25.2 Å². The summed E-state index contributed by atoms with van der Waals surface area (Å²) in [5.74, 6) is 1.87. The fraction of sp³-hybridized carbons (Fsp3) is 0.238. The first-order valence-corrected chi connectivity index (χ1v) is 10.3. The highest BCUT2D eigenvalue weighted by Gasteiger charge is 2.35. The van der Waals surface area contributed by atoms with E-state index in [4.69, 9.17) is 30.5 Å². The van der Waals surface area contributed by atoms with Crippen molar-refractivity contribution in [3.8, 4) is 23.0 Å². The van der Waals surface area contributed by atoms with Gasteiger partial charge in [0, 0.05) is 11.1 Å². The van der Waals surface area contributed by atoms with Crippen LogP contribution in [-0.2, 0) is 11.3 Å². The van der Waals surface area contributed by atoms with Crippen LogP contribution in [-0.4, -0.2) is 36.6 Å². The van der Waals surface area contributed by atoms with Gasteiger partial charge in [-0.25, -0.2) is 0 Å². The Morgan fingerprint density at radius 1 is 1.17 bits per heavy atom. The van der Waals surface area contributed by atoms with E-state index in [9.17, 15) is 9.59 Å². The van der Waals surface area contributed by atoms with Crippen molar-refractivity contribution in [2.24, 2.45) is 0 Å². The van der Waals surface area contributed by atoms with Gasteiger partial charge in [0.2, 0.25) is 6.79 Å². The lowest BCUT2D eigenvalue weighted by Gasteiger charge is -2.14. The molecule has 0 N–H and O–H groups in total. The van der Waals surface area contributed by atoms with Crippen LogP contribution in [0.1, 0.15) is 18.1 Å². The minimum Gasteiger partial charge on any atom is -0.493 e. The molecule has 9 heteroatoms. The molecule has 1 fully saturated rings. The minimum absolute atomic E-state index is 0.0459. The van der Waals surface area contributed by atoms with Gasteiger partial charge in [-0.05, 0) is 54.1 Å². The first-order valence-electron chi connectivity index (χ1n) is 9.14. The number of amides is 2. The molecule has 2 amide bonds. The molecule has 2 heterocycles. The molecule has 2 aromatic carbocycles. The SMILES string of the molecule is CCOc1cc(/C=C2/SC(=O)N(Cc3cc4c(cc3Cl)OCO4)C2=O)ccc1OC. The van der Waals surface area contributed by atoms with Crippen molar-refractivity contribution in [3.63, 3.8) is 0 Å². The number of carbonyl (C=O) groups excluding carboxylic acids is 2. The van der Waals surface area contributed by atoms with Crippen molar-refractivity contribution in [1.29, 1.82) is 0 Å². The summed E-state index contributed by atoms with van der Waals surface area (Å²) >= 11 is 7.18. The summed E-state index contributed by atoms with van der Waals surface area (Å²) in [6.45, 7) is 2.51. The van der Waals surface area contributed by atoms with E-state index in [1.54, 1.807) is 43.5 Å². The fourth-order valence-electron chi connectivity index (χ4n) is 3.09. The molecule has 0 aliphatic carbocycles. The molecule has 0 saturated carbocycles. The number of imide groups is 1. The van der Waals surface area contributed by atoms with E-state index in [0.717, 1.165) is 22.2 Å². The summed E-state index contributed by atoms with van der Waals surface area (Å²) in [6, 6.07) is 8.64. The quantitative estimate of drug-likeness (QED) is 0.593. The topological polar surface area (TPSA) is 74.3 Å². The molecule has 2 aliphatic rings. The summed E-state index contributed by atoms with van der Waals surface area (Å²) in [7, 11) is 1.56. The molecule has 0 atom stereocenters. The van der Waals surface area contributed by atoms with E-state index in [0.29, 0.717) is 45.1 Å². The van der Waals surface area contributed by atoms with Gasteiger partial charge in [-0.3, -0.25) is 14.5 Å². The van der Waals surface area contributed by atoms with Gasteiger partial charge < -0.3 is 18.9 Å². The molecule has 0 aromatic heterocycles. The van der Waals surface area contributed by atoms with Crippen LogP contribution in [0.5, 0.6) is 23.0 Å². The molecule has 0 unspecified atom stereocenters. The zero-order chi connectivity index (χ0) is 21.3. The van der Waals surface area contributed by atoms with Crippen molar-refractivity contribution in [2.75, 3.05) is 20.5 Å². The highest BCUT2D eigenvalue weighted by atomic mass is 35.5. The third kappa shape index (κ3) is 3.93. The Bertz CT molecular complexity index is 1050. The van der Waals surface area contributed by atoms with Crippen LogP contribution in [0.25, 0.3) is 6.08 Å². The van der Waals surface area contributed by atoms with Gasteiger partial charge in [0.1, 0.15) is 0 Å². The van der Waals surface area contributed by atoms with Crippen LogP contribution in [0.15, 0.2) is 35.2 Å². The maximum Gasteiger partial charge on any atom is 0.293 e. The van der Waals surface area contributed by atoms with Gasteiger partial charge >= 0.3 is 0 Å². The Kier molecular flexibility index (Phi) is 5.78. The van der Waals surface area contributed by atoms with E-state index in [1.807, 2.05) is 6.92 Å². The average molecular weight is 448 g/mol. The highest BCUT2D eigenvalue weighted by molar-refractivity contribution is 8.18. The normalized spacial score (nSPS) is 16.5. The molecule has 156 valence electrons. The summed E-state index contributed by atoms with van der Waals surface area (Å²) in [6.07, 6.45) is 1.66. The van der Waals surface area contributed by atoms with Gasteiger partial charge in [-0.1, -0.05) is 17.7 Å². The van der Waals surface area contributed by atoms with E-state index < -0.39 is 0 Å². The largest absolute Gasteiger partial charge is 0.493 e. The van der Waals surface area contributed by atoms with Crippen molar-refractivity contribution < 1.29 is 28.5 Å². The number of thioether (sulfide) groups is 1. The molecule has 30 heavy (non-hydrogen) atoms. The maximum atomic E-state index is 12.9. The first kappa shape index (κ1) is 20.4. The van der Waals surface area contributed by atoms with E-state index in [2.05, 4.69) is 0 Å². The molecule has 0 radical (unpaired) electrons. The zero-order valence-corrected chi connectivity index (χ0v) is 17.8. The lowest BCUT2D eigenvalue weighted by molar-refractivity contribution is -0.123. The Morgan fingerprint density at radius 2 is 1.93 bits per heavy atom. The van der Waals surface area contributed by atoms with E-state index >= 15 is 0 Å². The van der Waals surface area contributed by atoms with Gasteiger partial charge in [-0.15, -0.1) is 0 Å². The summed E-state index contributed by atoms with van der Waals surface area (Å²) < 4.78 is 21.5. The molecule has 0 spiro atoms. The second kappa shape index (κ2) is 8.49. The van der Waals surface area contributed by atoms with Crippen LogP contribution in [0.4, 0.5) is 4.79 Å². The van der Waals surface area contributed by atoms with E-state index in [1.165, 1.54) is 0 Å². The van der Waals surface area contributed by atoms with Gasteiger partial charge in [-0.2, -0.15) is 0 Å². The number of nitrogens with zero attached hydrogens (tertiary/aromatic N) is 1. The zero-order valence-electron chi connectivity index (χ0n) is 16.3. The lowest BCUT2D eigenvalue weighted by Crippen LogP contribution is -2.27. The standard InChI is InChI=1S/C21H18ClNO6S/c1-3-27-16-6-12(4-5-15(16)26-2)7-19-20(24)23(21(25)30-19)10-13-8-17-18(9-14(13)22)29-11-28-17/h4-9H,3,10-11H2,1-2H3/b19-7+. The highest BCUT2D eigenvalue weighted by Crippen LogP contribution is 2.39. The molecule has 2 aromatic rings. The molecule has 2 aliphatic heterocycles. The summed E-state index contributed by atoms with van der Waals surface area (Å²) in [5, 5.41) is 0.0392. The number of halogens is 1.